The minimum atomic E-state index is -3.66. The van der Waals surface area contributed by atoms with E-state index in [1.165, 1.54) is 7.11 Å². The Bertz CT molecular complexity index is 741. The van der Waals surface area contributed by atoms with Gasteiger partial charge >= 0.3 is 122 Å². The Morgan fingerprint density at radius 1 is 1.14 bits per heavy atom. The summed E-state index contributed by atoms with van der Waals surface area (Å²) in [6, 6.07) is 14.8. The first-order valence-corrected chi connectivity index (χ1v) is 8.31. The van der Waals surface area contributed by atoms with Gasteiger partial charge in [-0.25, -0.2) is 0 Å². The fourth-order valence-corrected chi connectivity index (χ4v) is 4.83. The van der Waals surface area contributed by atoms with Crippen molar-refractivity contribution in [1.82, 2.24) is 0 Å². The Morgan fingerprint density at radius 2 is 1.76 bits per heavy atom. The van der Waals surface area contributed by atoms with E-state index >= 15 is 0 Å². The summed E-state index contributed by atoms with van der Waals surface area (Å²) in [7, 11) is -2.41. The number of hydrogen-bond acceptors (Lipinski definition) is 4. The molecule has 0 aliphatic carbocycles. The molecule has 0 fully saturated rings. The Hall–Kier alpha value is -2.16. The van der Waals surface area contributed by atoms with Crippen molar-refractivity contribution in [2.75, 3.05) is 7.11 Å². The molecule has 0 spiro atoms. The van der Waals surface area contributed by atoms with Crippen LogP contribution in [-0.2, 0) is 9.53 Å². The van der Waals surface area contributed by atoms with Crippen LogP contribution in [0.25, 0.3) is 11.1 Å². The Balaban J connectivity index is 2.23. The number of fused-ring (bicyclic) bond motifs is 3. The fourth-order valence-electron chi connectivity index (χ4n) is 2.49. The second-order valence-electron chi connectivity index (χ2n) is 4.76. The molecule has 1 N–H and O–H groups in total. The van der Waals surface area contributed by atoms with Crippen LogP contribution in [0.5, 0.6) is 5.75 Å². The van der Waals surface area contributed by atoms with Crippen LogP contribution in [0.4, 0.5) is 0 Å². The molecule has 0 aromatic heterocycles. The van der Waals surface area contributed by atoms with Crippen molar-refractivity contribution in [2.45, 2.75) is 0 Å². The predicted molar refractivity (Wildman–Crippen MR) is 83.8 cm³/mol. The molecule has 0 saturated heterocycles. The van der Waals surface area contributed by atoms with Gasteiger partial charge in [0.15, 0.2) is 0 Å². The number of methoxy groups -OCH3 is 1. The molecule has 1 heterocycles. The summed E-state index contributed by atoms with van der Waals surface area (Å²) in [6.07, 6.45) is 0. The predicted octanol–water partition coefficient (Wildman–Crippen LogP) is 2.63. The second-order valence-corrected chi connectivity index (χ2v) is 7.39. The monoisotopic (exact) mass is 302 g/mol. The molecule has 5 heteroatoms. The molecule has 2 aromatic rings. The molecular formula is C16H15O4P. The van der Waals surface area contributed by atoms with Crippen LogP contribution in [0.15, 0.2) is 60.4 Å². The van der Waals surface area contributed by atoms with E-state index in [1.807, 2.05) is 30.3 Å². The molecule has 0 unspecified atom stereocenters. The summed E-state index contributed by atoms with van der Waals surface area (Å²) in [6.45, 7) is 3.70. The van der Waals surface area contributed by atoms with Gasteiger partial charge in [0.05, 0.1) is 0 Å². The summed E-state index contributed by atoms with van der Waals surface area (Å²) in [4.78, 5) is 22.9. The fraction of sp³-hybridized carbons (Fsp3) is 0.0625. The molecule has 0 radical (unpaired) electrons. The van der Waals surface area contributed by atoms with Crippen molar-refractivity contribution < 1.29 is 18.9 Å². The zero-order valence-electron chi connectivity index (χ0n) is 11.5. The number of hydrogen-bond donors (Lipinski definition) is 1. The van der Waals surface area contributed by atoms with Crippen LogP contribution in [0, 0.1) is 0 Å². The molecule has 4 nitrogen and oxygen atoms in total. The van der Waals surface area contributed by atoms with E-state index in [9.17, 15) is 9.69 Å². The molecule has 3 rings (SSSR count). The maximum absolute atomic E-state index is 11.8. The zero-order chi connectivity index (χ0) is 15.0. The van der Waals surface area contributed by atoms with Crippen LogP contribution in [0.3, 0.4) is 0 Å². The van der Waals surface area contributed by atoms with Crippen LogP contribution in [-0.4, -0.2) is 18.0 Å². The number of esters is 1. The quantitative estimate of drug-likeness (QED) is 0.526. The molecule has 0 atom stereocenters. The maximum atomic E-state index is 11.8. The van der Waals surface area contributed by atoms with Crippen LogP contribution < -0.4 is 9.83 Å². The number of carbonyl (C=O) groups is 1. The number of rotatable bonds is 2. The van der Waals surface area contributed by atoms with Gasteiger partial charge in [-0.05, 0) is 0 Å². The molecular weight excluding hydrogens is 287 g/mol. The van der Waals surface area contributed by atoms with Gasteiger partial charge in [-0.2, -0.15) is 0 Å². The van der Waals surface area contributed by atoms with Gasteiger partial charge in [0, 0.05) is 0 Å². The molecule has 1 aliphatic rings. The van der Waals surface area contributed by atoms with E-state index < -0.39 is 13.7 Å². The van der Waals surface area contributed by atoms with E-state index in [1.54, 1.807) is 18.2 Å². The van der Waals surface area contributed by atoms with Gasteiger partial charge in [-0.1, -0.05) is 0 Å². The first-order chi connectivity index (χ1) is 10.1. The standard InChI is InChI=1S/C16H15O4P/c1-11(16(17)19-2)21(18)15-10-6-4-8-13(15)12-7-3-5-9-14(12)20-21/h3-10,18,21H,1H2,2H3. The van der Waals surface area contributed by atoms with E-state index in [0.29, 0.717) is 11.1 Å². The third-order valence-electron chi connectivity index (χ3n) is 3.57. The number of ether oxygens (including phenoxy) is 1. The third kappa shape index (κ3) is 2.04. The topological polar surface area (TPSA) is 55.8 Å². The second kappa shape index (κ2) is 4.99. The van der Waals surface area contributed by atoms with Crippen molar-refractivity contribution in [3.63, 3.8) is 0 Å². The summed E-state index contributed by atoms with van der Waals surface area (Å²) >= 11 is 0. The first-order valence-electron chi connectivity index (χ1n) is 6.46. The SMILES string of the molecule is C=C(C(=O)OC)[PH]1(O)Oc2ccccc2-c2ccccc21. The average molecular weight is 302 g/mol. The summed E-state index contributed by atoms with van der Waals surface area (Å²) < 4.78 is 10.5. The molecule has 21 heavy (non-hydrogen) atoms. The van der Waals surface area contributed by atoms with E-state index in [-0.39, 0.29) is 5.31 Å². The Morgan fingerprint density at radius 3 is 2.48 bits per heavy atom. The molecule has 0 amide bonds. The molecule has 1 aliphatic heterocycles. The average Bonchev–Trinajstić information content (AvgIpc) is 2.53. The van der Waals surface area contributed by atoms with Crippen molar-refractivity contribution in [2.24, 2.45) is 0 Å². The van der Waals surface area contributed by atoms with Gasteiger partial charge in [0.25, 0.3) is 0 Å². The van der Waals surface area contributed by atoms with E-state index in [4.69, 9.17) is 4.52 Å². The van der Waals surface area contributed by atoms with Crippen molar-refractivity contribution in [3.05, 3.63) is 60.4 Å². The molecule has 0 bridgehead atoms. The normalized spacial score (nSPS) is 15.9. The molecule has 0 saturated carbocycles. The number of carbonyl (C=O) groups excluding carboxylic acids is 1. The number of para-hydroxylation sites is 1. The third-order valence-corrected chi connectivity index (χ3v) is 6.27. The van der Waals surface area contributed by atoms with Gasteiger partial charge in [-0.3, -0.25) is 0 Å². The summed E-state index contributed by atoms with van der Waals surface area (Å²) in [5.41, 5.74) is 1.75. The van der Waals surface area contributed by atoms with Gasteiger partial charge in [0.2, 0.25) is 0 Å². The minimum absolute atomic E-state index is 0.0213. The van der Waals surface area contributed by atoms with E-state index in [0.717, 1.165) is 11.1 Å². The van der Waals surface area contributed by atoms with Crippen LogP contribution in [0.1, 0.15) is 0 Å². The number of benzene rings is 2. The van der Waals surface area contributed by atoms with Gasteiger partial charge in [-0.15, -0.1) is 0 Å². The van der Waals surface area contributed by atoms with Gasteiger partial charge in [0.1, 0.15) is 0 Å². The Kier molecular flexibility index (Phi) is 3.28. The van der Waals surface area contributed by atoms with Crippen molar-refractivity contribution in [3.8, 4) is 16.9 Å². The van der Waals surface area contributed by atoms with Crippen LogP contribution in [0.2, 0.25) is 0 Å². The zero-order valence-corrected chi connectivity index (χ0v) is 12.5. The van der Waals surface area contributed by atoms with Crippen molar-refractivity contribution in [1.29, 1.82) is 0 Å². The van der Waals surface area contributed by atoms with Crippen molar-refractivity contribution >= 4 is 19.0 Å². The van der Waals surface area contributed by atoms with Crippen LogP contribution >= 0.6 is 7.72 Å². The van der Waals surface area contributed by atoms with Gasteiger partial charge < -0.3 is 0 Å². The summed E-state index contributed by atoms with van der Waals surface area (Å²) in [5.74, 6) is -0.103. The molecule has 108 valence electrons. The first kappa shape index (κ1) is 13.8. The van der Waals surface area contributed by atoms with E-state index in [2.05, 4.69) is 11.3 Å². The Labute approximate surface area is 123 Å². The molecule has 2 aromatic carbocycles. The summed E-state index contributed by atoms with van der Waals surface area (Å²) in [5, 5.41) is 0.589.